The third-order valence-electron chi connectivity index (χ3n) is 4.41. The maximum atomic E-state index is 13.0. The molecule has 3 nitrogen and oxygen atoms in total. The SMILES string of the molecule is OCC[C@H]1CN(Cc2ccc(F)cc2)CCN1Cc1cccs1. The lowest BCUT2D eigenvalue weighted by molar-refractivity contribution is 0.0506. The molecule has 1 aliphatic rings. The summed E-state index contributed by atoms with van der Waals surface area (Å²) in [6, 6.07) is 11.4. The van der Waals surface area contributed by atoms with Crippen LogP contribution in [0.1, 0.15) is 16.9 Å². The minimum Gasteiger partial charge on any atom is -0.396 e. The molecule has 1 aromatic carbocycles. The van der Waals surface area contributed by atoms with Gasteiger partial charge in [-0.15, -0.1) is 11.3 Å². The molecular formula is C18H23FN2OS. The highest BCUT2D eigenvalue weighted by atomic mass is 32.1. The van der Waals surface area contributed by atoms with Crippen molar-refractivity contribution >= 4 is 11.3 Å². The van der Waals surface area contributed by atoms with Crippen LogP contribution in [-0.2, 0) is 13.1 Å². The number of nitrogens with zero attached hydrogens (tertiary/aromatic N) is 2. The van der Waals surface area contributed by atoms with E-state index in [2.05, 4.69) is 27.3 Å². The molecule has 1 aromatic heterocycles. The number of hydrogen-bond donors (Lipinski definition) is 1. The second kappa shape index (κ2) is 8.02. The molecule has 0 spiro atoms. The zero-order valence-electron chi connectivity index (χ0n) is 13.2. The van der Waals surface area contributed by atoms with Crippen molar-refractivity contribution in [2.75, 3.05) is 26.2 Å². The monoisotopic (exact) mass is 334 g/mol. The van der Waals surface area contributed by atoms with Gasteiger partial charge in [0.1, 0.15) is 5.82 Å². The fourth-order valence-corrected chi connectivity index (χ4v) is 3.91. The van der Waals surface area contributed by atoms with Gasteiger partial charge in [0.15, 0.2) is 0 Å². The van der Waals surface area contributed by atoms with E-state index in [1.165, 1.54) is 17.0 Å². The molecule has 1 fully saturated rings. The summed E-state index contributed by atoms with van der Waals surface area (Å²) < 4.78 is 13.0. The maximum absolute atomic E-state index is 13.0. The van der Waals surface area contributed by atoms with Crippen LogP contribution >= 0.6 is 11.3 Å². The van der Waals surface area contributed by atoms with Gasteiger partial charge in [-0.25, -0.2) is 4.39 Å². The van der Waals surface area contributed by atoms with E-state index in [0.29, 0.717) is 6.04 Å². The fraction of sp³-hybridized carbons (Fsp3) is 0.444. The predicted octanol–water partition coefficient (Wildman–Crippen LogP) is 2.96. The van der Waals surface area contributed by atoms with Gasteiger partial charge in [-0.2, -0.15) is 0 Å². The van der Waals surface area contributed by atoms with Crippen LogP contribution in [0.4, 0.5) is 4.39 Å². The summed E-state index contributed by atoms with van der Waals surface area (Å²) in [5, 5.41) is 11.5. The van der Waals surface area contributed by atoms with Crippen molar-refractivity contribution in [2.24, 2.45) is 0 Å². The lowest BCUT2D eigenvalue weighted by Crippen LogP contribution is -2.52. The Labute approximate surface area is 141 Å². The molecule has 1 saturated heterocycles. The Morgan fingerprint density at radius 3 is 2.65 bits per heavy atom. The molecule has 2 heterocycles. The third kappa shape index (κ3) is 4.61. The number of halogens is 1. The molecule has 5 heteroatoms. The number of aliphatic hydroxyl groups is 1. The Morgan fingerprint density at radius 1 is 1.13 bits per heavy atom. The average Bonchev–Trinajstić information content (AvgIpc) is 3.05. The number of aliphatic hydroxyl groups excluding tert-OH is 1. The number of rotatable bonds is 6. The molecule has 0 aliphatic carbocycles. The van der Waals surface area contributed by atoms with Gasteiger partial charge in [0.25, 0.3) is 0 Å². The van der Waals surface area contributed by atoms with Crippen molar-refractivity contribution < 1.29 is 9.50 Å². The second-order valence-corrected chi connectivity index (χ2v) is 7.11. The lowest BCUT2D eigenvalue weighted by Gasteiger charge is -2.41. The first-order valence-electron chi connectivity index (χ1n) is 8.08. The Kier molecular flexibility index (Phi) is 5.78. The van der Waals surface area contributed by atoms with Gasteiger partial charge < -0.3 is 5.11 Å². The molecule has 0 radical (unpaired) electrons. The van der Waals surface area contributed by atoms with E-state index in [1.54, 1.807) is 11.3 Å². The molecule has 23 heavy (non-hydrogen) atoms. The topological polar surface area (TPSA) is 26.7 Å². The number of hydrogen-bond acceptors (Lipinski definition) is 4. The Hall–Kier alpha value is -1.27. The first-order chi connectivity index (χ1) is 11.2. The summed E-state index contributed by atoms with van der Waals surface area (Å²) >= 11 is 1.79. The molecular weight excluding hydrogens is 311 g/mol. The summed E-state index contributed by atoms with van der Waals surface area (Å²) in [6.07, 6.45) is 0.797. The molecule has 1 N–H and O–H groups in total. The second-order valence-electron chi connectivity index (χ2n) is 6.08. The van der Waals surface area contributed by atoms with Gasteiger partial charge in [0, 0.05) is 50.2 Å². The summed E-state index contributed by atoms with van der Waals surface area (Å²) in [7, 11) is 0. The summed E-state index contributed by atoms with van der Waals surface area (Å²) in [5.41, 5.74) is 1.14. The molecule has 0 bridgehead atoms. The number of piperazine rings is 1. The van der Waals surface area contributed by atoms with E-state index in [0.717, 1.165) is 44.7 Å². The van der Waals surface area contributed by atoms with Crippen LogP contribution in [0.2, 0.25) is 0 Å². The zero-order valence-corrected chi connectivity index (χ0v) is 14.0. The predicted molar refractivity (Wildman–Crippen MR) is 91.9 cm³/mol. The Bertz CT molecular complexity index is 588. The van der Waals surface area contributed by atoms with E-state index < -0.39 is 0 Å². The molecule has 0 saturated carbocycles. The van der Waals surface area contributed by atoms with Crippen LogP contribution in [0.15, 0.2) is 41.8 Å². The van der Waals surface area contributed by atoms with Gasteiger partial charge in [0.2, 0.25) is 0 Å². The van der Waals surface area contributed by atoms with Crippen LogP contribution in [-0.4, -0.2) is 47.2 Å². The van der Waals surface area contributed by atoms with Crippen LogP contribution in [0.5, 0.6) is 0 Å². The van der Waals surface area contributed by atoms with Crippen molar-refractivity contribution in [3.05, 3.63) is 58.0 Å². The molecule has 0 amide bonds. The first kappa shape index (κ1) is 16.6. The average molecular weight is 334 g/mol. The van der Waals surface area contributed by atoms with Gasteiger partial charge >= 0.3 is 0 Å². The summed E-state index contributed by atoms with van der Waals surface area (Å²) in [5.74, 6) is -0.187. The van der Waals surface area contributed by atoms with Gasteiger partial charge in [-0.3, -0.25) is 9.80 Å². The van der Waals surface area contributed by atoms with Crippen LogP contribution < -0.4 is 0 Å². The fourth-order valence-electron chi connectivity index (χ4n) is 3.18. The summed E-state index contributed by atoms with van der Waals surface area (Å²) in [6.45, 7) is 4.98. The molecule has 0 unspecified atom stereocenters. The van der Waals surface area contributed by atoms with Crippen molar-refractivity contribution in [1.82, 2.24) is 9.80 Å². The van der Waals surface area contributed by atoms with E-state index in [-0.39, 0.29) is 12.4 Å². The highest BCUT2D eigenvalue weighted by Gasteiger charge is 2.26. The maximum Gasteiger partial charge on any atom is 0.123 e. The summed E-state index contributed by atoms with van der Waals surface area (Å²) in [4.78, 5) is 6.25. The normalized spacial score (nSPS) is 20.0. The first-order valence-corrected chi connectivity index (χ1v) is 8.96. The number of thiophene rings is 1. The van der Waals surface area contributed by atoms with Gasteiger partial charge in [0.05, 0.1) is 0 Å². The van der Waals surface area contributed by atoms with E-state index >= 15 is 0 Å². The molecule has 1 atom stereocenters. The third-order valence-corrected chi connectivity index (χ3v) is 5.27. The van der Waals surface area contributed by atoms with E-state index in [1.807, 2.05) is 12.1 Å². The van der Waals surface area contributed by atoms with Crippen molar-refractivity contribution in [2.45, 2.75) is 25.6 Å². The smallest absolute Gasteiger partial charge is 0.123 e. The quantitative estimate of drug-likeness (QED) is 0.880. The molecule has 2 aromatic rings. The zero-order chi connectivity index (χ0) is 16.1. The van der Waals surface area contributed by atoms with E-state index in [4.69, 9.17) is 0 Å². The largest absolute Gasteiger partial charge is 0.396 e. The minimum absolute atomic E-state index is 0.187. The molecule has 124 valence electrons. The molecule has 3 rings (SSSR count). The minimum atomic E-state index is -0.187. The van der Waals surface area contributed by atoms with Crippen LogP contribution in [0.25, 0.3) is 0 Å². The number of benzene rings is 1. The van der Waals surface area contributed by atoms with Crippen LogP contribution in [0, 0.1) is 5.82 Å². The standard InChI is InChI=1S/C18H23FN2OS/c19-16-5-3-15(4-6-16)12-20-8-9-21(17(13-20)7-10-22)14-18-2-1-11-23-18/h1-6,11,17,22H,7-10,12-14H2/t17-/m0/s1. The van der Waals surface area contributed by atoms with Crippen LogP contribution in [0.3, 0.4) is 0 Å². The highest BCUT2D eigenvalue weighted by Crippen LogP contribution is 2.20. The Balaban J connectivity index is 1.60. The van der Waals surface area contributed by atoms with Crippen molar-refractivity contribution in [3.8, 4) is 0 Å². The van der Waals surface area contributed by atoms with E-state index in [9.17, 15) is 9.50 Å². The lowest BCUT2D eigenvalue weighted by atomic mass is 10.1. The molecule has 1 aliphatic heterocycles. The van der Waals surface area contributed by atoms with Gasteiger partial charge in [-0.05, 0) is 35.6 Å². The highest BCUT2D eigenvalue weighted by molar-refractivity contribution is 7.09. The van der Waals surface area contributed by atoms with Gasteiger partial charge in [-0.1, -0.05) is 18.2 Å². The van der Waals surface area contributed by atoms with Crippen molar-refractivity contribution in [1.29, 1.82) is 0 Å². The Morgan fingerprint density at radius 2 is 1.96 bits per heavy atom. The van der Waals surface area contributed by atoms with Crippen molar-refractivity contribution in [3.63, 3.8) is 0 Å².